The first-order chi connectivity index (χ1) is 19.1. The van der Waals surface area contributed by atoms with Crippen LogP contribution in [0.5, 0.6) is 0 Å². The van der Waals surface area contributed by atoms with E-state index in [1.165, 1.54) is 6.07 Å². The van der Waals surface area contributed by atoms with E-state index in [2.05, 4.69) is 24.9 Å². The number of amides is 1. The van der Waals surface area contributed by atoms with Crippen molar-refractivity contribution < 1.29 is 22.0 Å². The van der Waals surface area contributed by atoms with Gasteiger partial charge in [0.1, 0.15) is 5.69 Å². The first-order valence-electron chi connectivity index (χ1n) is 13.2. The largest absolute Gasteiger partial charge is 0.366 e. The van der Waals surface area contributed by atoms with Crippen LogP contribution in [0.1, 0.15) is 50.0 Å². The van der Waals surface area contributed by atoms with Crippen LogP contribution in [0.3, 0.4) is 0 Å². The van der Waals surface area contributed by atoms with Crippen LogP contribution in [0.4, 0.5) is 14.5 Å². The van der Waals surface area contributed by atoms with Gasteiger partial charge < -0.3 is 9.80 Å². The number of aryl methyl sites for hydroxylation is 1. The Morgan fingerprint density at radius 1 is 1.18 bits per heavy atom. The molecule has 0 atom stereocenters. The summed E-state index contributed by atoms with van der Waals surface area (Å²) in [5.41, 5.74) is 0.327. The van der Waals surface area contributed by atoms with Gasteiger partial charge in [0, 0.05) is 44.5 Å². The number of aromatic nitrogens is 4. The van der Waals surface area contributed by atoms with Crippen molar-refractivity contribution in [2.75, 3.05) is 31.1 Å². The van der Waals surface area contributed by atoms with Gasteiger partial charge in [-0.15, -0.1) is 14.9 Å². The number of nitrogens with one attached hydrogen (secondary N) is 1. The Morgan fingerprint density at radius 2 is 1.88 bits per heavy atom. The highest BCUT2D eigenvalue weighted by Crippen LogP contribution is 2.41. The number of sulfonamides is 1. The fourth-order valence-electron chi connectivity index (χ4n) is 5.60. The Kier molecular flexibility index (Phi) is 6.75. The minimum atomic E-state index is -4.10. The predicted molar refractivity (Wildman–Crippen MR) is 144 cm³/mol. The molecule has 1 amide bonds. The highest BCUT2D eigenvalue weighted by Gasteiger charge is 2.54. The molecule has 1 N–H and O–H groups in total. The van der Waals surface area contributed by atoms with Crippen molar-refractivity contribution in [3.05, 3.63) is 28.6 Å². The molecule has 3 aromatic rings. The quantitative estimate of drug-likeness (QED) is 0.418. The summed E-state index contributed by atoms with van der Waals surface area (Å²) >= 11 is 0.705. The van der Waals surface area contributed by atoms with Gasteiger partial charge in [0.2, 0.25) is 15.9 Å². The number of alkyl halides is 2. The molecule has 6 rings (SSSR count). The number of fused-ring (bicyclic) bond motifs is 1. The van der Waals surface area contributed by atoms with Gasteiger partial charge in [-0.05, 0) is 25.0 Å². The van der Waals surface area contributed by atoms with Gasteiger partial charge >= 0.3 is 0 Å². The van der Waals surface area contributed by atoms with Gasteiger partial charge in [0.15, 0.2) is 10.0 Å². The van der Waals surface area contributed by atoms with Gasteiger partial charge in [-0.2, -0.15) is 5.10 Å². The Labute approximate surface area is 234 Å². The Bertz CT molecular complexity index is 1610. The summed E-state index contributed by atoms with van der Waals surface area (Å²) in [4.78, 5) is 20.3. The van der Waals surface area contributed by atoms with Crippen molar-refractivity contribution in [2.24, 2.45) is 13.0 Å². The van der Waals surface area contributed by atoms with E-state index >= 15 is 0 Å². The number of nitrogens with zero attached hydrogens (tertiary/aromatic N) is 7. The molecule has 0 bridgehead atoms. The van der Waals surface area contributed by atoms with Crippen LogP contribution >= 0.6 is 11.3 Å². The zero-order valence-electron chi connectivity index (χ0n) is 21.8. The number of piperazine rings is 1. The number of carbonyl (C=O) groups excluding carboxylic acids is 1. The van der Waals surface area contributed by atoms with E-state index in [-0.39, 0.29) is 27.4 Å². The Hall–Kier alpha value is -3.22. The Morgan fingerprint density at radius 3 is 2.48 bits per heavy atom. The highest BCUT2D eigenvalue weighted by molar-refractivity contribution is 7.89. The van der Waals surface area contributed by atoms with E-state index in [4.69, 9.17) is 6.57 Å². The molecular weight excluding hydrogens is 562 g/mol. The number of rotatable bonds is 7. The molecule has 1 saturated heterocycles. The topological polar surface area (TPSA) is 118 Å². The molecule has 40 heavy (non-hydrogen) atoms. The number of halogens is 2. The average molecular weight is 591 g/mol. The number of benzene rings is 1. The van der Waals surface area contributed by atoms with Crippen LogP contribution in [-0.4, -0.2) is 71.0 Å². The van der Waals surface area contributed by atoms with Crippen molar-refractivity contribution >= 4 is 43.9 Å². The molecule has 0 radical (unpaired) electrons. The van der Waals surface area contributed by atoms with Gasteiger partial charge in [0.25, 0.3) is 12.1 Å². The second-order valence-corrected chi connectivity index (χ2v) is 13.3. The second kappa shape index (κ2) is 10.0. The monoisotopic (exact) mass is 590 g/mol. The molecule has 3 heterocycles. The molecular formula is C25H28F2N8O3S2. The predicted octanol–water partition coefficient (Wildman–Crippen LogP) is 3.56. The summed E-state index contributed by atoms with van der Waals surface area (Å²) in [5.74, 6) is 0.269. The van der Waals surface area contributed by atoms with Crippen molar-refractivity contribution in [3.8, 4) is 10.7 Å². The first-order valence-corrected chi connectivity index (χ1v) is 15.5. The zero-order chi connectivity index (χ0) is 28.2. The SMILES string of the molecule is [C-]#[N+]C1(NS(=O)(=O)c2cc(N3CCN(C(=O)C4CCCC4)CC3)c3c(c2)c(-c2nnc(C(F)F)s2)nn3C)CC1. The minimum absolute atomic E-state index is 0.0535. The molecule has 3 fully saturated rings. The Balaban J connectivity index is 1.40. The van der Waals surface area contributed by atoms with E-state index in [1.54, 1.807) is 17.8 Å². The van der Waals surface area contributed by atoms with Crippen LogP contribution < -0.4 is 9.62 Å². The molecule has 2 aliphatic carbocycles. The number of hydrogen-bond acceptors (Lipinski definition) is 8. The summed E-state index contributed by atoms with van der Waals surface area (Å²) in [5, 5.41) is 12.1. The standard InChI is InChI=1S/C25H28F2N8O3S2/c1-28-25(7-8-25)32-40(37,38)16-13-17-19(22-29-30-23(39-22)21(26)27)31-33(2)20(17)18(14-16)34-9-11-35(12-10-34)24(36)15-5-3-4-6-15/h13-15,21,32H,3-12H2,2H3. The summed E-state index contributed by atoms with van der Waals surface area (Å²) < 4.78 is 57.6. The molecule has 212 valence electrons. The minimum Gasteiger partial charge on any atom is -0.366 e. The maximum Gasteiger partial charge on any atom is 0.299 e. The second-order valence-electron chi connectivity index (χ2n) is 10.6. The van der Waals surface area contributed by atoms with Crippen molar-refractivity contribution in [1.29, 1.82) is 0 Å². The maximum absolute atomic E-state index is 13.5. The summed E-state index contributed by atoms with van der Waals surface area (Å²) in [6.45, 7) is 9.41. The molecule has 1 aliphatic heterocycles. The summed E-state index contributed by atoms with van der Waals surface area (Å²) in [6.07, 6.45) is 2.08. The molecule has 3 aliphatic rings. The third-order valence-electron chi connectivity index (χ3n) is 7.93. The van der Waals surface area contributed by atoms with Crippen LogP contribution in [0.2, 0.25) is 0 Å². The summed E-state index contributed by atoms with van der Waals surface area (Å²) in [6, 6.07) is 3.02. The number of carbonyl (C=O) groups is 1. The third kappa shape index (κ3) is 4.82. The summed E-state index contributed by atoms with van der Waals surface area (Å²) in [7, 11) is -2.39. The van der Waals surface area contributed by atoms with E-state index in [0.29, 0.717) is 66.9 Å². The normalized spacial score (nSPS) is 19.5. The third-order valence-corrected chi connectivity index (χ3v) is 10.4. The van der Waals surface area contributed by atoms with Crippen molar-refractivity contribution in [3.63, 3.8) is 0 Å². The van der Waals surface area contributed by atoms with Crippen molar-refractivity contribution in [1.82, 2.24) is 29.6 Å². The van der Waals surface area contributed by atoms with E-state index < -0.39 is 27.1 Å². The molecule has 2 aromatic heterocycles. The van der Waals surface area contributed by atoms with Crippen LogP contribution in [-0.2, 0) is 21.9 Å². The molecule has 2 saturated carbocycles. The van der Waals surface area contributed by atoms with Crippen LogP contribution in [0.25, 0.3) is 26.4 Å². The lowest BCUT2D eigenvalue weighted by atomic mass is 10.1. The fraction of sp³-hybridized carbons (Fsp3) is 0.560. The molecule has 15 heteroatoms. The fourth-order valence-corrected chi connectivity index (χ4v) is 7.71. The first kappa shape index (κ1) is 27.0. The van der Waals surface area contributed by atoms with Gasteiger partial charge in [-0.25, -0.2) is 23.8 Å². The number of anilines is 1. The highest BCUT2D eigenvalue weighted by atomic mass is 32.2. The van der Waals surface area contributed by atoms with Gasteiger partial charge in [-0.3, -0.25) is 14.3 Å². The number of hydrogen-bond donors (Lipinski definition) is 1. The van der Waals surface area contributed by atoms with Gasteiger partial charge in [-0.1, -0.05) is 24.2 Å². The zero-order valence-corrected chi connectivity index (χ0v) is 23.4. The van der Waals surface area contributed by atoms with E-state index in [0.717, 1.165) is 25.7 Å². The molecule has 0 unspecified atom stereocenters. The van der Waals surface area contributed by atoms with E-state index in [9.17, 15) is 22.0 Å². The van der Waals surface area contributed by atoms with E-state index in [1.807, 2.05) is 9.80 Å². The lowest BCUT2D eigenvalue weighted by molar-refractivity contribution is -0.135. The molecule has 1 aromatic carbocycles. The lowest BCUT2D eigenvalue weighted by Crippen LogP contribution is -2.50. The van der Waals surface area contributed by atoms with Crippen LogP contribution in [0.15, 0.2) is 17.0 Å². The smallest absolute Gasteiger partial charge is 0.299 e. The maximum atomic E-state index is 13.5. The van der Waals surface area contributed by atoms with Gasteiger partial charge in [0.05, 0.1) is 28.9 Å². The van der Waals surface area contributed by atoms with Crippen LogP contribution in [0, 0.1) is 12.5 Å². The van der Waals surface area contributed by atoms with Crippen molar-refractivity contribution in [2.45, 2.75) is 55.5 Å². The average Bonchev–Trinajstić information content (AvgIpc) is 3.33. The molecule has 11 nitrogen and oxygen atoms in total. The lowest BCUT2D eigenvalue weighted by Gasteiger charge is -2.37. The molecule has 0 spiro atoms.